The zero-order valence-corrected chi connectivity index (χ0v) is 12.6. The van der Waals surface area contributed by atoms with Gasteiger partial charge in [0.1, 0.15) is 5.54 Å². The Balaban J connectivity index is 2.06. The van der Waals surface area contributed by atoms with Crippen LogP contribution >= 0.6 is 0 Å². The van der Waals surface area contributed by atoms with Crippen molar-refractivity contribution < 1.29 is 9.90 Å². The Morgan fingerprint density at radius 1 is 1.50 bits per heavy atom. The van der Waals surface area contributed by atoms with Gasteiger partial charge in [-0.05, 0) is 37.0 Å². The van der Waals surface area contributed by atoms with Gasteiger partial charge in [-0.3, -0.25) is 10.1 Å². The number of anilines is 1. The van der Waals surface area contributed by atoms with Crippen molar-refractivity contribution in [1.29, 1.82) is 0 Å². The maximum absolute atomic E-state index is 11.4. The van der Waals surface area contributed by atoms with Crippen LogP contribution < -0.4 is 10.2 Å². The summed E-state index contributed by atoms with van der Waals surface area (Å²) in [5, 5.41) is 12.6. The number of nitrogens with one attached hydrogen (secondary N) is 1. The summed E-state index contributed by atoms with van der Waals surface area (Å²) in [6.07, 6.45) is 2.56. The van der Waals surface area contributed by atoms with Crippen LogP contribution in [0.4, 0.5) is 5.69 Å². The first kappa shape index (κ1) is 14.9. The molecule has 1 atom stereocenters. The first-order valence-electron chi connectivity index (χ1n) is 7.27. The first-order valence-corrected chi connectivity index (χ1v) is 7.27. The molecule has 110 valence electrons. The third-order valence-electron chi connectivity index (χ3n) is 4.18. The fourth-order valence-corrected chi connectivity index (χ4v) is 2.80. The summed E-state index contributed by atoms with van der Waals surface area (Å²) in [7, 11) is 2.10. The minimum Gasteiger partial charge on any atom is -0.480 e. The van der Waals surface area contributed by atoms with E-state index in [0.29, 0.717) is 13.0 Å². The third kappa shape index (κ3) is 2.96. The lowest BCUT2D eigenvalue weighted by Crippen LogP contribution is -2.48. The number of nitrogens with zero attached hydrogens (tertiary/aromatic N) is 1. The minimum absolute atomic E-state index is 0.597. The van der Waals surface area contributed by atoms with Crippen molar-refractivity contribution in [3.8, 4) is 0 Å². The SMILES string of the molecule is CCCC(C)(NCc1ccc2c(c1)CCN2C)C(=O)O. The fraction of sp³-hybridized carbons (Fsp3) is 0.562. The van der Waals surface area contributed by atoms with E-state index in [0.717, 1.165) is 24.9 Å². The van der Waals surface area contributed by atoms with Gasteiger partial charge in [0.2, 0.25) is 0 Å². The van der Waals surface area contributed by atoms with Crippen LogP contribution in [0, 0.1) is 0 Å². The van der Waals surface area contributed by atoms with Gasteiger partial charge < -0.3 is 10.0 Å². The number of fused-ring (bicyclic) bond motifs is 1. The molecule has 4 nitrogen and oxygen atoms in total. The maximum Gasteiger partial charge on any atom is 0.323 e. The number of aliphatic carboxylic acids is 1. The molecular formula is C16H24N2O2. The van der Waals surface area contributed by atoms with E-state index in [-0.39, 0.29) is 0 Å². The van der Waals surface area contributed by atoms with Crippen LogP contribution in [0.1, 0.15) is 37.8 Å². The van der Waals surface area contributed by atoms with Crippen LogP contribution in [-0.4, -0.2) is 30.2 Å². The fourth-order valence-electron chi connectivity index (χ4n) is 2.80. The molecule has 0 amide bonds. The van der Waals surface area contributed by atoms with Crippen LogP contribution in [0.2, 0.25) is 0 Å². The summed E-state index contributed by atoms with van der Waals surface area (Å²) < 4.78 is 0. The van der Waals surface area contributed by atoms with Gasteiger partial charge in [0.05, 0.1) is 0 Å². The predicted molar refractivity (Wildman–Crippen MR) is 81.2 cm³/mol. The van der Waals surface area contributed by atoms with Crippen molar-refractivity contribution in [2.24, 2.45) is 0 Å². The van der Waals surface area contributed by atoms with Crippen molar-refractivity contribution in [3.05, 3.63) is 29.3 Å². The van der Waals surface area contributed by atoms with Gasteiger partial charge in [-0.2, -0.15) is 0 Å². The summed E-state index contributed by atoms with van der Waals surface area (Å²) in [5.74, 6) is -0.778. The number of carboxylic acid groups (broad SMARTS) is 1. The number of rotatable bonds is 6. The molecule has 1 aliphatic rings. The van der Waals surface area contributed by atoms with E-state index in [1.165, 1.54) is 11.3 Å². The summed E-state index contributed by atoms with van der Waals surface area (Å²) in [4.78, 5) is 13.6. The summed E-state index contributed by atoms with van der Waals surface area (Å²) in [6.45, 7) is 5.43. The first-order chi connectivity index (χ1) is 9.46. The summed E-state index contributed by atoms with van der Waals surface area (Å²) >= 11 is 0. The number of hydrogen-bond donors (Lipinski definition) is 2. The molecule has 1 aromatic carbocycles. The van der Waals surface area contributed by atoms with Gasteiger partial charge in [0.15, 0.2) is 0 Å². The van der Waals surface area contributed by atoms with Crippen LogP contribution in [0.5, 0.6) is 0 Å². The van der Waals surface area contributed by atoms with Gasteiger partial charge in [-0.1, -0.05) is 25.5 Å². The molecule has 0 bridgehead atoms. The van der Waals surface area contributed by atoms with Crippen LogP contribution in [-0.2, 0) is 17.8 Å². The van der Waals surface area contributed by atoms with E-state index >= 15 is 0 Å². The zero-order chi connectivity index (χ0) is 14.8. The molecule has 0 saturated carbocycles. The molecule has 0 spiro atoms. The third-order valence-corrected chi connectivity index (χ3v) is 4.18. The van der Waals surface area contributed by atoms with Gasteiger partial charge in [0, 0.05) is 25.8 Å². The highest BCUT2D eigenvalue weighted by Gasteiger charge is 2.31. The van der Waals surface area contributed by atoms with Crippen molar-refractivity contribution in [1.82, 2.24) is 5.32 Å². The second-order valence-corrected chi connectivity index (χ2v) is 5.88. The summed E-state index contributed by atoms with van der Waals surface area (Å²) in [5.41, 5.74) is 2.97. The standard InChI is InChI=1S/C16H24N2O2/c1-4-8-16(2,15(19)20)17-11-12-5-6-14-13(10-12)7-9-18(14)3/h5-6,10,17H,4,7-9,11H2,1-3H3,(H,19,20). The van der Waals surface area contributed by atoms with Gasteiger partial charge >= 0.3 is 5.97 Å². The monoisotopic (exact) mass is 276 g/mol. The predicted octanol–water partition coefficient (Wildman–Crippen LogP) is 2.41. The van der Waals surface area contributed by atoms with Crippen LogP contribution in [0.3, 0.4) is 0 Å². The van der Waals surface area contributed by atoms with Gasteiger partial charge in [-0.25, -0.2) is 0 Å². The molecule has 0 saturated heterocycles. The minimum atomic E-state index is -0.843. The average Bonchev–Trinajstić information content (AvgIpc) is 2.78. The maximum atomic E-state index is 11.4. The molecule has 1 aliphatic heterocycles. The Kier molecular flexibility index (Phi) is 4.33. The molecule has 0 fully saturated rings. The van der Waals surface area contributed by atoms with Crippen LogP contribution in [0.15, 0.2) is 18.2 Å². The smallest absolute Gasteiger partial charge is 0.323 e. The number of carboxylic acids is 1. The number of hydrogen-bond acceptors (Lipinski definition) is 3. The van der Waals surface area contributed by atoms with Crippen molar-refractivity contribution >= 4 is 11.7 Å². The molecular weight excluding hydrogens is 252 g/mol. The Morgan fingerprint density at radius 3 is 2.90 bits per heavy atom. The second kappa shape index (κ2) is 5.83. The van der Waals surface area contributed by atoms with Gasteiger partial charge in [0.25, 0.3) is 0 Å². The molecule has 1 aromatic rings. The highest BCUT2D eigenvalue weighted by molar-refractivity contribution is 5.78. The number of benzene rings is 1. The van der Waals surface area contributed by atoms with Crippen LogP contribution in [0.25, 0.3) is 0 Å². The Morgan fingerprint density at radius 2 is 2.25 bits per heavy atom. The lowest BCUT2D eigenvalue weighted by molar-refractivity contribution is -0.144. The second-order valence-electron chi connectivity index (χ2n) is 5.88. The van der Waals surface area contributed by atoms with Crippen molar-refractivity contribution in [2.45, 2.75) is 45.2 Å². The molecule has 2 N–H and O–H groups in total. The molecule has 0 radical (unpaired) electrons. The summed E-state index contributed by atoms with van der Waals surface area (Å²) in [6, 6.07) is 6.42. The Labute approximate surface area is 120 Å². The lowest BCUT2D eigenvalue weighted by atomic mass is 9.95. The Bertz CT molecular complexity index is 501. The van der Waals surface area contributed by atoms with Gasteiger partial charge in [-0.15, -0.1) is 0 Å². The van der Waals surface area contributed by atoms with E-state index in [2.05, 4.69) is 35.5 Å². The highest BCUT2D eigenvalue weighted by Crippen LogP contribution is 2.27. The van der Waals surface area contributed by atoms with E-state index < -0.39 is 11.5 Å². The Hall–Kier alpha value is -1.55. The highest BCUT2D eigenvalue weighted by atomic mass is 16.4. The van der Waals surface area contributed by atoms with E-state index in [4.69, 9.17) is 0 Å². The average molecular weight is 276 g/mol. The number of likely N-dealkylation sites (N-methyl/N-ethyl adjacent to an activating group) is 1. The molecule has 0 aromatic heterocycles. The largest absolute Gasteiger partial charge is 0.480 e. The number of carbonyl (C=O) groups is 1. The molecule has 4 heteroatoms. The molecule has 1 heterocycles. The molecule has 0 aliphatic carbocycles. The topological polar surface area (TPSA) is 52.6 Å². The van der Waals surface area contributed by atoms with E-state index in [9.17, 15) is 9.90 Å². The quantitative estimate of drug-likeness (QED) is 0.838. The molecule has 20 heavy (non-hydrogen) atoms. The van der Waals surface area contributed by atoms with E-state index in [1.807, 2.05) is 6.92 Å². The molecule has 1 unspecified atom stereocenters. The van der Waals surface area contributed by atoms with E-state index in [1.54, 1.807) is 6.92 Å². The normalized spacial score (nSPS) is 16.9. The lowest BCUT2D eigenvalue weighted by Gasteiger charge is -2.26. The zero-order valence-electron chi connectivity index (χ0n) is 12.6. The van der Waals surface area contributed by atoms with Crippen molar-refractivity contribution in [3.63, 3.8) is 0 Å². The molecule has 2 rings (SSSR count). The van der Waals surface area contributed by atoms with Crippen molar-refractivity contribution in [2.75, 3.05) is 18.5 Å².